The lowest BCUT2D eigenvalue weighted by Gasteiger charge is -2.26. The Hall–Kier alpha value is -2.52. The van der Waals surface area contributed by atoms with Gasteiger partial charge in [0.25, 0.3) is 0 Å². The van der Waals surface area contributed by atoms with Crippen LogP contribution in [0.4, 0.5) is 5.69 Å². The van der Waals surface area contributed by atoms with E-state index >= 15 is 0 Å². The summed E-state index contributed by atoms with van der Waals surface area (Å²) in [5.41, 5.74) is 5.18. The fourth-order valence-electron chi connectivity index (χ4n) is 2.80. The van der Waals surface area contributed by atoms with Crippen LogP contribution in [0, 0.1) is 0 Å². The molecule has 0 atom stereocenters. The molecule has 0 amide bonds. The van der Waals surface area contributed by atoms with E-state index in [1.54, 1.807) is 0 Å². The van der Waals surface area contributed by atoms with Gasteiger partial charge in [0.15, 0.2) is 0 Å². The third kappa shape index (κ3) is 3.30. The summed E-state index contributed by atoms with van der Waals surface area (Å²) < 4.78 is 0. The van der Waals surface area contributed by atoms with Crippen molar-refractivity contribution in [3.63, 3.8) is 0 Å². The van der Waals surface area contributed by atoms with Crippen LogP contribution in [0.1, 0.15) is 16.7 Å². The maximum absolute atomic E-state index is 10.8. The summed E-state index contributed by atoms with van der Waals surface area (Å²) in [6.45, 7) is 4.66. The monoisotopic (exact) mass is 325 g/mol. The number of carboxylic acid groups (broad SMARTS) is 1. The van der Waals surface area contributed by atoms with Gasteiger partial charge in [0, 0.05) is 29.0 Å². The number of allylic oxidation sites excluding steroid dienone is 1. The summed E-state index contributed by atoms with van der Waals surface area (Å²) in [6.07, 6.45) is 3.43. The highest BCUT2D eigenvalue weighted by atomic mass is 35.5. The first-order chi connectivity index (χ1) is 11.0. The molecule has 0 aliphatic carbocycles. The Bertz CT molecular complexity index is 811. The number of carboxylic acids is 1. The molecule has 4 heteroatoms. The number of hydrogen-bond acceptors (Lipinski definition) is 2. The fourth-order valence-corrected chi connectivity index (χ4v) is 2.96. The van der Waals surface area contributed by atoms with Gasteiger partial charge in [-0.25, -0.2) is 4.79 Å². The number of hydrogen-bond donors (Lipinski definition) is 1. The van der Waals surface area contributed by atoms with Crippen LogP contribution in [0.5, 0.6) is 0 Å². The Balaban J connectivity index is 2.08. The molecule has 0 saturated carbocycles. The molecule has 0 radical (unpaired) electrons. The summed E-state index contributed by atoms with van der Waals surface area (Å²) in [5.74, 6) is -0.993. The van der Waals surface area contributed by atoms with Crippen molar-refractivity contribution >= 4 is 23.3 Å². The molecule has 23 heavy (non-hydrogen) atoms. The van der Waals surface area contributed by atoms with Crippen molar-refractivity contribution < 1.29 is 9.90 Å². The maximum Gasteiger partial charge on any atom is 0.328 e. The molecule has 0 spiro atoms. The minimum Gasteiger partial charge on any atom is -0.478 e. The quantitative estimate of drug-likeness (QED) is 0.671. The van der Waals surface area contributed by atoms with E-state index < -0.39 is 5.97 Å². The number of halogens is 1. The SMILES string of the molecule is C=C(/C=C\C(=O)O)N1Cc2ccccc2Cc2ccc(Cl)cc21. The van der Waals surface area contributed by atoms with Crippen molar-refractivity contribution in [1.82, 2.24) is 0 Å². The zero-order chi connectivity index (χ0) is 16.4. The molecule has 0 bridgehead atoms. The molecular formula is C19H16ClNO2. The highest BCUT2D eigenvalue weighted by Gasteiger charge is 2.20. The third-order valence-electron chi connectivity index (χ3n) is 3.93. The van der Waals surface area contributed by atoms with Gasteiger partial charge in [0.2, 0.25) is 0 Å². The first kappa shape index (κ1) is 15.4. The van der Waals surface area contributed by atoms with Gasteiger partial charge in [-0.15, -0.1) is 0 Å². The third-order valence-corrected chi connectivity index (χ3v) is 4.17. The molecule has 0 saturated heterocycles. The highest BCUT2D eigenvalue weighted by Crippen LogP contribution is 2.34. The first-order valence-corrected chi connectivity index (χ1v) is 7.65. The molecule has 3 rings (SSSR count). The Kier molecular flexibility index (Phi) is 4.22. The second kappa shape index (κ2) is 6.31. The average molecular weight is 326 g/mol. The van der Waals surface area contributed by atoms with Gasteiger partial charge < -0.3 is 10.0 Å². The molecule has 116 valence electrons. The summed E-state index contributed by atoms with van der Waals surface area (Å²) in [7, 11) is 0. The number of carbonyl (C=O) groups is 1. The lowest BCUT2D eigenvalue weighted by atomic mass is 10.0. The molecule has 1 aliphatic heterocycles. The lowest BCUT2D eigenvalue weighted by Crippen LogP contribution is -2.20. The Labute approximate surface area is 140 Å². The van der Waals surface area contributed by atoms with Gasteiger partial charge in [0.1, 0.15) is 0 Å². The Morgan fingerprint density at radius 1 is 1.13 bits per heavy atom. The molecule has 1 aliphatic rings. The van der Waals surface area contributed by atoms with Crippen molar-refractivity contribution in [1.29, 1.82) is 0 Å². The second-order valence-electron chi connectivity index (χ2n) is 5.47. The van der Waals surface area contributed by atoms with E-state index in [2.05, 4.69) is 18.7 Å². The van der Waals surface area contributed by atoms with Gasteiger partial charge in [-0.3, -0.25) is 0 Å². The van der Waals surface area contributed by atoms with Crippen LogP contribution in [-0.4, -0.2) is 11.1 Å². The van der Waals surface area contributed by atoms with Gasteiger partial charge in [-0.05, 0) is 41.3 Å². The zero-order valence-corrected chi connectivity index (χ0v) is 13.3. The topological polar surface area (TPSA) is 40.5 Å². The number of nitrogens with zero attached hydrogens (tertiary/aromatic N) is 1. The molecule has 2 aromatic carbocycles. The van der Waals surface area contributed by atoms with Gasteiger partial charge in [-0.1, -0.05) is 48.5 Å². The van der Waals surface area contributed by atoms with Crippen molar-refractivity contribution in [3.05, 3.63) is 88.6 Å². The van der Waals surface area contributed by atoms with E-state index in [0.29, 0.717) is 17.3 Å². The van der Waals surface area contributed by atoms with Crippen molar-refractivity contribution in [3.8, 4) is 0 Å². The largest absolute Gasteiger partial charge is 0.478 e. The van der Waals surface area contributed by atoms with Crippen LogP contribution < -0.4 is 4.90 Å². The number of fused-ring (bicyclic) bond motifs is 2. The van der Waals surface area contributed by atoms with E-state index in [1.807, 2.05) is 35.2 Å². The van der Waals surface area contributed by atoms with Gasteiger partial charge in [-0.2, -0.15) is 0 Å². The zero-order valence-electron chi connectivity index (χ0n) is 12.5. The van der Waals surface area contributed by atoms with Crippen LogP contribution in [0.2, 0.25) is 5.02 Å². The average Bonchev–Trinajstić information content (AvgIpc) is 2.69. The molecule has 1 heterocycles. The summed E-state index contributed by atoms with van der Waals surface area (Å²) in [5, 5.41) is 9.49. The minimum absolute atomic E-state index is 0.618. The second-order valence-corrected chi connectivity index (χ2v) is 5.90. The number of anilines is 1. The highest BCUT2D eigenvalue weighted by molar-refractivity contribution is 6.30. The lowest BCUT2D eigenvalue weighted by molar-refractivity contribution is -0.131. The predicted molar refractivity (Wildman–Crippen MR) is 92.8 cm³/mol. The smallest absolute Gasteiger partial charge is 0.328 e. The standard InChI is InChI=1S/C19H16ClNO2/c1-13(6-9-19(22)23)21-12-16-5-3-2-4-14(16)10-15-7-8-17(20)11-18(15)21/h2-9,11H,1,10,12H2,(H,22,23)/b9-6-. The van der Waals surface area contributed by atoms with Crippen LogP contribution in [0.25, 0.3) is 0 Å². The maximum atomic E-state index is 10.8. The molecule has 0 aromatic heterocycles. The van der Waals surface area contributed by atoms with Crippen LogP contribution in [0.3, 0.4) is 0 Å². The number of benzene rings is 2. The number of rotatable bonds is 3. The van der Waals surface area contributed by atoms with Crippen molar-refractivity contribution in [2.24, 2.45) is 0 Å². The van der Waals surface area contributed by atoms with E-state index in [9.17, 15) is 4.79 Å². The van der Waals surface area contributed by atoms with Gasteiger partial charge in [0.05, 0.1) is 0 Å². The molecular weight excluding hydrogens is 310 g/mol. The Morgan fingerprint density at radius 2 is 1.87 bits per heavy atom. The van der Waals surface area contributed by atoms with E-state index in [-0.39, 0.29) is 0 Å². The summed E-state index contributed by atoms with van der Waals surface area (Å²) in [4.78, 5) is 12.8. The van der Waals surface area contributed by atoms with Crippen LogP contribution in [0.15, 0.2) is 66.9 Å². The van der Waals surface area contributed by atoms with E-state index in [0.717, 1.165) is 23.7 Å². The summed E-state index contributed by atoms with van der Waals surface area (Å²) in [6, 6.07) is 14.0. The van der Waals surface area contributed by atoms with E-state index in [1.165, 1.54) is 17.2 Å². The Morgan fingerprint density at radius 3 is 2.61 bits per heavy atom. The molecule has 1 N–H and O–H groups in total. The van der Waals surface area contributed by atoms with Gasteiger partial charge >= 0.3 is 5.97 Å². The fraction of sp³-hybridized carbons (Fsp3) is 0.105. The normalized spacial score (nSPS) is 13.3. The van der Waals surface area contributed by atoms with Crippen LogP contribution >= 0.6 is 11.6 Å². The van der Waals surface area contributed by atoms with Crippen LogP contribution in [-0.2, 0) is 17.8 Å². The summed E-state index contributed by atoms with van der Waals surface area (Å²) >= 11 is 6.17. The molecule has 3 nitrogen and oxygen atoms in total. The first-order valence-electron chi connectivity index (χ1n) is 7.27. The van der Waals surface area contributed by atoms with E-state index in [4.69, 9.17) is 16.7 Å². The molecule has 0 unspecified atom stereocenters. The molecule has 0 fully saturated rings. The van der Waals surface area contributed by atoms with Crippen molar-refractivity contribution in [2.75, 3.05) is 4.90 Å². The predicted octanol–water partition coefficient (Wildman–Crippen LogP) is 4.41. The van der Waals surface area contributed by atoms with Crippen molar-refractivity contribution in [2.45, 2.75) is 13.0 Å². The minimum atomic E-state index is -0.993. The number of aliphatic carboxylic acids is 1. The molecule has 2 aromatic rings.